The van der Waals surface area contributed by atoms with Crippen molar-refractivity contribution in [3.63, 3.8) is 0 Å². The van der Waals surface area contributed by atoms with Gasteiger partial charge in [0.1, 0.15) is 5.75 Å². The molecule has 1 unspecified atom stereocenters. The number of carbonyl (C=O) groups is 1. The van der Waals surface area contributed by atoms with Gasteiger partial charge in [0.15, 0.2) is 5.96 Å². The first-order valence-corrected chi connectivity index (χ1v) is 10.7. The molecule has 1 atom stereocenters. The van der Waals surface area contributed by atoms with Crippen molar-refractivity contribution in [1.82, 2.24) is 15.5 Å². The molecule has 1 fully saturated rings. The predicted octanol–water partition coefficient (Wildman–Crippen LogP) is 3.35. The highest BCUT2D eigenvalue weighted by atomic mass is 127. The smallest absolute Gasteiger partial charge is 0.305 e. The molecule has 0 bridgehead atoms. The maximum Gasteiger partial charge on any atom is 0.305 e. The average molecular weight is 532 g/mol. The van der Waals surface area contributed by atoms with Crippen LogP contribution >= 0.6 is 24.0 Å². The second-order valence-corrected chi connectivity index (χ2v) is 7.06. The van der Waals surface area contributed by atoms with Crippen molar-refractivity contribution in [2.75, 3.05) is 46.4 Å². The number of guanidine groups is 1. The van der Waals surface area contributed by atoms with E-state index in [1.54, 1.807) is 7.11 Å². The Hall–Kier alpha value is -1.55. The SMILES string of the molecule is CCNC(=NCC(c1ccccc1OC)N1CCCC1)NCCCC(=O)OCC.I. The van der Waals surface area contributed by atoms with Gasteiger partial charge in [0.05, 0.1) is 26.3 Å². The van der Waals surface area contributed by atoms with Crippen molar-refractivity contribution in [3.05, 3.63) is 29.8 Å². The molecule has 1 aromatic rings. The number of methoxy groups -OCH3 is 1. The van der Waals surface area contributed by atoms with Crippen LogP contribution in [-0.2, 0) is 9.53 Å². The molecule has 1 saturated heterocycles. The predicted molar refractivity (Wildman–Crippen MR) is 132 cm³/mol. The molecule has 1 aliphatic heterocycles. The molecule has 2 N–H and O–H groups in total. The van der Waals surface area contributed by atoms with E-state index >= 15 is 0 Å². The number of hydrogen-bond acceptors (Lipinski definition) is 5. The Labute approximate surface area is 198 Å². The third-order valence-electron chi connectivity index (χ3n) is 5.00. The Morgan fingerprint density at radius 3 is 2.60 bits per heavy atom. The lowest BCUT2D eigenvalue weighted by Crippen LogP contribution is -2.39. The summed E-state index contributed by atoms with van der Waals surface area (Å²) in [6.07, 6.45) is 3.58. The van der Waals surface area contributed by atoms with Gasteiger partial charge in [0.2, 0.25) is 0 Å². The monoisotopic (exact) mass is 532 g/mol. The minimum Gasteiger partial charge on any atom is -0.496 e. The molecule has 7 nitrogen and oxygen atoms in total. The zero-order chi connectivity index (χ0) is 20.9. The number of halogens is 1. The number of nitrogens with one attached hydrogen (secondary N) is 2. The van der Waals surface area contributed by atoms with Crippen LogP contribution in [0.15, 0.2) is 29.3 Å². The Morgan fingerprint density at radius 2 is 1.93 bits per heavy atom. The van der Waals surface area contributed by atoms with Gasteiger partial charge in [-0.1, -0.05) is 18.2 Å². The van der Waals surface area contributed by atoms with Crippen LogP contribution < -0.4 is 15.4 Å². The lowest BCUT2D eigenvalue weighted by atomic mass is 10.0. The minimum absolute atomic E-state index is 0. The van der Waals surface area contributed by atoms with Gasteiger partial charge in [-0.25, -0.2) is 0 Å². The van der Waals surface area contributed by atoms with E-state index in [4.69, 9.17) is 14.5 Å². The molecule has 2 rings (SSSR count). The van der Waals surface area contributed by atoms with E-state index in [1.165, 1.54) is 18.4 Å². The van der Waals surface area contributed by atoms with E-state index < -0.39 is 0 Å². The van der Waals surface area contributed by atoms with Crippen molar-refractivity contribution in [2.24, 2.45) is 4.99 Å². The van der Waals surface area contributed by atoms with E-state index in [0.29, 0.717) is 32.5 Å². The number of nitrogens with zero attached hydrogens (tertiary/aromatic N) is 2. The fraction of sp³-hybridized carbons (Fsp3) is 0.636. The second kappa shape index (κ2) is 15.3. The highest BCUT2D eigenvalue weighted by Gasteiger charge is 2.25. The molecular formula is C22H37IN4O3. The van der Waals surface area contributed by atoms with Crippen molar-refractivity contribution in [3.8, 4) is 5.75 Å². The summed E-state index contributed by atoms with van der Waals surface area (Å²) in [4.78, 5) is 18.8. The lowest BCUT2D eigenvalue weighted by Gasteiger charge is -2.28. The summed E-state index contributed by atoms with van der Waals surface area (Å²) in [5, 5.41) is 6.62. The van der Waals surface area contributed by atoms with Crippen LogP contribution in [0.5, 0.6) is 5.75 Å². The van der Waals surface area contributed by atoms with Crippen LogP contribution in [0.25, 0.3) is 0 Å². The zero-order valence-electron chi connectivity index (χ0n) is 18.5. The van der Waals surface area contributed by atoms with Crippen LogP contribution in [0.1, 0.15) is 51.1 Å². The standard InChI is InChI=1S/C22H36N4O3.HI/c1-4-23-22(24-14-10-13-21(27)29-5-2)25-17-19(26-15-8-9-16-26)18-11-6-7-12-20(18)28-3;/h6-7,11-12,19H,4-5,8-10,13-17H2,1-3H3,(H2,23,24,25);1H. The third kappa shape index (κ3) is 8.67. The van der Waals surface area contributed by atoms with E-state index in [0.717, 1.165) is 31.3 Å². The fourth-order valence-corrected chi connectivity index (χ4v) is 3.60. The largest absolute Gasteiger partial charge is 0.496 e. The van der Waals surface area contributed by atoms with Crippen molar-refractivity contribution in [1.29, 1.82) is 0 Å². The molecule has 8 heteroatoms. The maximum atomic E-state index is 11.5. The van der Waals surface area contributed by atoms with Gasteiger partial charge in [-0.3, -0.25) is 14.7 Å². The highest BCUT2D eigenvalue weighted by Crippen LogP contribution is 2.31. The Morgan fingerprint density at radius 1 is 1.20 bits per heavy atom. The van der Waals surface area contributed by atoms with Gasteiger partial charge in [0, 0.05) is 25.1 Å². The minimum atomic E-state index is -0.151. The number of ether oxygens (including phenoxy) is 2. The molecular weight excluding hydrogens is 495 g/mol. The first-order chi connectivity index (χ1) is 14.2. The summed E-state index contributed by atoms with van der Waals surface area (Å²) in [5.41, 5.74) is 1.18. The van der Waals surface area contributed by atoms with Crippen molar-refractivity contribution in [2.45, 2.75) is 45.6 Å². The average Bonchev–Trinajstić information content (AvgIpc) is 3.26. The van der Waals surface area contributed by atoms with E-state index in [-0.39, 0.29) is 36.0 Å². The summed E-state index contributed by atoms with van der Waals surface area (Å²) < 4.78 is 10.6. The molecule has 1 heterocycles. The van der Waals surface area contributed by atoms with Gasteiger partial charge in [0.25, 0.3) is 0 Å². The molecule has 1 aliphatic rings. The zero-order valence-corrected chi connectivity index (χ0v) is 20.8. The lowest BCUT2D eigenvalue weighted by molar-refractivity contribution is -0.143. The van der Waals surface area contributed by atoms with Crippen LogP contribution in [0.3, 0.4) is 0 Å². The van der Waals surface area contributed by atoms with Crippen LogP contribution in [-0.4, -0.2) is 63.3 Å². The van der Waals surface area contributed by atoms with E-state index in [2.05, 4.69) is 27.7 Å². The molecule has 0 aromatic heterocycles. The topological polar surface area (TPSA) is 75.2 Å². The van der Waals surface area contributed by atoms with Crippen molar-refractivity contribution < 1.29 is 14.3 Å². The molecule has 0 aliphatic carbocycles. The fourth-order valence-electron chi connectivity index (χ4n) is 3.60. The number of carbonyl (C=O) groups excluding carboxylic acids is 1. The maximum absolute atomic E-state index is 11.5. The Bertz CT molecular complexity index is 651. The van der Waals surface area contributed by atoms with E-state index in [9.17, 15) is 4.79 Å². The molecule has 170 valence electrons. The number of likely N-dealkylation sites (tertiary alicyclic amines) is 1. The normalized spacial score (nSPS) is 15.2. The van der Waals surface area contributed by atoms with Gasteiger partial charge in [-0.05, 0) is 52.3 Å². The molecule has 1 aromatic carbocycles. The number of rotatable bonds is 11. The summed E-state index contributed by atoms with van der Waals surface area (Å²) in [5.74, 6) is 1.53. The van der Waals surface area contributed by atoms with Crippen molar-refractivity contribution >= 4 is 35.9 Å². The number of hydrogen-bond donors (Lipinski definition) is 2. The number of benzene rings is 1. The first kappa shape index (κ1) is 26.5. The summed E-state index contributed by atoms with van der Waals surface area (Å²) in [6, 6.07) is 8.40. The summed E-state index contributed by atoms with van der Waals surface area (Å²) in [6.45, 7) is 8.58. The Kier molecular flexibility index (Phi) is 13.5. The number of esters is 1. The quantitative estimate of drug-likeness (QED) is 0.150. The third-order valence-corrected chi connectivity index (χ3v) is 5.00. The summed E-state index contributed by atoms with van der Waals surface area (Å²) in [7, 11) is 1.72. The molecule has 30 heavy (non-hydrogen) atoms. The highest BCUT2D eigenvalue weighted by molar-refractivity contribution is 14.0. The van der Waals surface area contributed by atoms with Crippen LogP contribution in [0, 0.1) is 0 Å². The van der Waals surface area contributed by atoms with Gasteiger partial charge < -0.3 is 20.1 Å². The van der Waals surface area contributed by atoms with Gasteiger partial charge in [-0.2, -0.15) is 0 Å². The van der Waals surface area contributed by atoms with E-state index in [1.807, 2.05) is 26.0 Å². The molecule has 0 saturated carbocycles. The molecule has 0 amide bonds. The first-order valence-electron chi connectivity index (χ1n) is 10.7. The molecule has 0 spiro atoms. The van der Waals surface area contributed by atoms with Gasteiger partial charge in [-0.15, -0.1) is 24.0 Å². The van der Waals surface area contributed by atoms with Crippen LogP contribution in [0.2, 0.25) is 0 Å². The number of para-hydroxylation sites is 1. The number of aliphatic imine (C=N–C) groups is 1. The van der Waals surface area contributed by atoms with Gasteiger partial charge >= 0.3 is 5.97 Å². The Balaban J connectivity index is 0.00000450. The second-order valence-electron chi connectivity index (χ2n) is 7.06. The summed E-state index contributed by atoms with van der Waals surface area (Å²) >= 11 is 0. The van der Waals surface area contributed by atoms with Crippen LogP contribution in [0.4, 0.5) is 0 Å². The molecule has 0 radical (unpaired) electrons.